The first kappa shape index (κ1) is 14.1. The standard InChI is InChI=1S/C19H25NO2/c1-20(18(21)12-22-17-5-3-2-4-6-17)19-15-8-13-7-14(10-15)11-16(19)9-13/h2-6,13-16,19H,7-12H2,1H3. The van der Waals surface area contributed by atoms with Gasteiger partial charge in [-0.3, -0.25) is 4.79 Å². The van der Waals surface area contributed by atoms with Gasteiger partial charge in [0.15, 0.2) is 6.61 Å². The van der Waals surface area contributed by atoms with Crippen molar-refractivity contribution in [2.75, 3.05) is 13.7 Å². The van der Waals surface area contributed by atoms with Crippen molar-refractivity contribution in [3.8, 4) is 5.75 Å². The van der Waals surface area contributed by atoms with E-state index >= 15 is 0 Å². The van der Waals surface area contributed by atoms with Gasteiger partial charge in [-0.1, -0.05) is 18.2 Å². The topological polar surface area (TPSA) is 29.5 Å². The summed E-state index contributed by atoms with van der Waals surface area (Å²) in [7, 11) is 1.99. The SMILES string of the molecule is CN(C(=O)COc1ccccc1)C1C2CC3CC(C2)CC1C3. The van der Waals surface area contributed by atoms with E-state index in [9.17, 15) is 4.79 Å². The van der Waals surface area contributed by atoms with Gasteiger partial charge in [-0.25, -0.2) is 0 Å². The van der Waals surface area contributed by atoms with Crippen molar-refractivity contribution in [3.63, 3.8) is 0 Å². The highest BCUT2D eigenvalue weighted by atomic mass is 16.5. The molecule has 5 rings (SSSR count). The van der Waals surface area contributed by atoms with Gasteiger partial charge < -0.3 is 9.64 Å². The van der Waals surface area contributed by atoms with Crippen LogP contribution in [-0.2, 0) is 4.79 Å². The Bertz CT molecular complexity index is 514. The number of amides is 1. The molecule has 3 nitrogen and oxygen atoms in total. The molecule has 4 saturated carbocycles. The molecular formula is C19H25NO2. The van der Waals surface area contributed by atoms with Crippen LogP contribution in [0.3, 0.4) is 0 Å². The molecule has 0 aromatic heterocycles. The van der Waals surface area contributed by atoms with Crippen LogP contribution in [0.15, 0.2) is 30.3 Å². The van der Waals surface area contributed by atoms with Crippen LogP contribution in [0, 0.1) is 23.7 Å². The summed E-state index contributed by atoms with van der Waals surface area (Å²) < 4.78 is 5.64. The minimum atomic E-state index is 0.126. The van der Waals surface area contributed by atoms with Crippen LogP contribution in [-0.4, -0.2) is 30.5 Å². The fraction of sp³-hybridized carbons (Fsp3) is 0.632. The number of likely N-dealkylation sites (N-methyl/N-ethyl adjacent to an activating group) is 1. The Morgan fingerprint density at radius 1 is 1.05 bits per heavy atom. The molecule has 3 heteroatoms. The van der Waals surface area contributed by atoms with Crippen LogP contribution in [0.25, 0.3) is 0 Å². The Kier molecular flexibility index (Phi) is 3.59. The van der Waals surface area contributed by atoms with Gasteiger partial charge in [-0.15, -0.1) is 0 Å². The second-order valence-electron chi connectivity index (χ2n) is 7.53. The number of para-hydroxylation sites is 1. The number of benzene rings is 1. The molecule has 0 radical (unpaired) electrons. The van der Waals surface area contributed by atoms with E-state index in [2.05, 4.69) is 0 Å². The molecule has 1 aromatic carbocycles. The molecule has 4 aliphatic carbocycles. The van der Waals surface area contributed by atoms with E-state index < -0.39 is 0 Å². The first-order valence-corrected chi connectivity index (χ1v) is 8.64. The normalized spacial score (nSPS) is 35.4. The summed E-state index contributed by atoms with van der Waals surface area (Å²) in [5.41, 5.74) is 0. The van der Waals surface area contributed by atoms with Crippen LogP contribution < -0.4 is 4.74 Å². The Morgan fingerprint density at radius 2 is 1.64 bits per heavy atom. The van der Waals surface area contributed by atoms with Crippen molar-refractivity contribution in [2.24, 2.45) is 23.7 Å². The van der Waals surface area contributed by atoms with Crippen LogP contribution in [0.1, 0.15) is 32.1 Å². The molecule has 4 aliphatic rings. The van der Waals surface area contributed by atoms with Crippen LogP contribution in [0.4, 0.5) is 0 Å². The van der Waals surface area contributed by atoms with Crippen molar-refractivity contribution in [2.45, 2.75) is 38.1 Å². The minimum absolute atomic E-state index is 0.126. The predicted molar refractivity (Wildman–Crippen MR) is 85.5 cm³/mol. The molecule has 0 spiro atoms. The van der Waals surface area contributed by atoms with Crippen LogP contribution >= 0.6 is 0 Å². The molecule has 1 aromatic rings. The number of carbonyl (C=O) groups is 1. The summed E-state index contributed by atoms with van der Waals surface area (Å²) in [5, 5.41) is 0. The second kappa shape index (κ2) is 5.60. The zero-order valence-electron chi connectivity index (χ0n) is 13.3. The molecule has 0 unspecified atom stereocenters. The number of hydrogen-bond donors (Lipinski definition) is 0. The van der Waals surface area contributed by atoms with Crippen molar-refractivity contribution < 1.29 is 9.53 Å². The molecule has 0 saturated heterocycles. The van der Waals surface area contributed by atoms with E-state index in [0.29, 0.717) is 6.04 Å². The highest BCUT2D eigenvalue weighted by Crippen LogP contribution is 2.54. The highest BCUT2D eigenvalue weighted by molar-refractivity contribution is 5.78. The van der Waals surface area contributed by atoms with Crippen molar-refractivity contribution in [3.05, 3.63) is 30.3 Å². The first-order valence-electron chi connectivity index (χ1n) is 8.64. The summed E-state index contributed by atoms with van der Waals surface area (Å²) in [6.07, 6.45) is 6.82. The average molecular weight is 299 g/mol. The third kappa shape index (κ3) is 2.51. The molecular weight excluding hydrogens is 274 g/mol. The van der Waals surface area contributed by atoms with E-state index in [4.69, 9.17) is 4.74 Å². The summed E-state index contributed by atoms with van der Waals surface area (Å²) in [5.74, 6) is 4.27. The van der Waals surface area contributed by atoms with Gasteiger partial charge in [0, 0.05) is 13.1 Å². The lowest BCUT2D eigenvalue weighted by atomic mass is 9.54. The van der Waals surface area contributed by atoms with Crippen LogP contribution in [0.5, 0.6) is 5.75 Å². The Hall–Kier alpha value is -1.51. The lowest BCUT2D eigenvalue weighted by Gasteiger charge is -2.56. The Labute approximate surface area is 132 Å². The summed E-state index contributed by atoms with van der Waals surface area (Å²) in [6, 6.07) is 10.1. The fourth-order valence-electron chi connectivity index (χ4n) is 5.46. The Balaban J connectivity index is 1.39. The van der Waals surface area contributed by atoms with Crippen molar-refractivity contribution in [1.82, 2.24) is 4.90 Å². The zero-order chi connectivity index (χ0) is 15.1. The first-order chi connectivity index (χ1) is 10.7. The lowest BCUT2D eigenvalue weighted by molar-refractivity contribution is -0.143. The van der Waals surface area contributed by atoms with Gasteiger partial charge in [0.1, 0.15) is 5.75 Å². The summed E-state index contributed by atoms with van der Waals surface area (Å²) in [6.45, 7) is 0.156. The number of hydrogen-bond acceptors (Lipinski definition) is 2. The maximum absolute atomic E-state index is 12.5. The van der Waals surface area contributed by atoms with Gasteiger partial charge in [-0.2, -0.15) is 0 Å². The molecule has 0 heterocycles. The van der Waals surface area contributed by atoms with E-state index in [1.807, 2.05) is 42.3 Å². The lowest BCUT2D eigenvalue weighted by Crippen LogP contribution is -2.56. The Morgan fingerprint density at radius 3 is 2.23 bits per heavy atom. The van der Waals surface area contributed by atoms with E-state index in [1.165, 1.54) is 32.1 Å². The second-order valence-corrected chi connectivity index (χ2v) is 7.53. The number of ether oxygens (including phenoxy) is 1. The largest absolute Gasteiger partial charge is 0.484 e. The maximum atomic E-state index is 12.5. The maximum Gasteiger partial charge on any atom is 0.260 e. The average Bonchev–Trinajstić information content (AvgIpc) is 2.52. The quantitative estimate of drug-likeness (QED) is 0.853. The third-order valence-corrected chi connectivity index (χ3v) is 6.12. The third-order valence-electron chi connectivity index (χ3n) is 6.12. The van der Waals surface area contributed by atoms with Crippen molar-refractivity contribution >= 4 is 5.91 Å². The predicted octanol–water partition coefficient (Wildman–Crippen LogP) is 3.35. The summed E-state index contributed by atoms with van der Waals surface area (Å²) >= 11 is 0. The summed E-state index contributed by atoms with van der Waals surface area (Å²) in [4.78, 5) is 14.6. The number of nitrogens with zero attached hydrogens (tertiary/aromatic N) is 1. The zero-order valence-corrected chi connectivity index (χ0v) is 13.3. The molecule has 4 bridgehead atoms. The van der Waals surface area contributed by atoms with E-state index in [1.54, 1.807) is 0 Å². The fourth-order valence-corrected chi connectivity index (χ4v) is 5.46. The van der Waals surface area contributed by atoms with E-state index in [0.717, 1.165) is 29.4 Å². The molecule has 0 aliphatic heterocycles. The van der Waals surface area contributed by atoms with Gasteiger partial charge >= 0.3 is 0 Å². The molecule has 1 amide bonds. The van der Waals surface area contributed by atoms with E-state index in [-0.39, 0.29) is 12.5 Å². The molecule has 118 valence electrons. The molecule has 4 fully saturated rings. The number of rotatable bonds is 4. The number of carbonyl (C=O) groups excluding carboxylic acids is 1. The van der Waals surface area contributed by atoms with Crippen molar-refractivity contribution in [1.29, 1.82) is 0 Å². The molecule has 0 N–H and O–H groups in total. The minimum Gasteiger partial charge on any atom is -0.484 e. The monoisotopic (exact) mass is 299 g/mol. The smallest absolute Gasteiger partial charge is 0.260 e. The van der Waals surface area contributed by atoms with Gasteiger partial charge in [0.25, 0.3) is 5.91 Å². The van der Waals surface area contributed by atoms with Gasteiger partial charge in [0.2, 0.25) is 0 Å². The van der Waals surface area contributed by atoms with Crippen LogP contribution in [0.2, 0.25) is 0 Å². The molecule has 0 atom stereocenters. The van der Waals surface area contributed by atoms with Gasteiger partial charge in [0.05, 0.1) is 0 Å². The highest BCUT2D eigenvalue weighted by Gasteiger charge is 2.50. The molecule has 22 heavy (non-hydrogen) atoms. The van der Waals surface area contributed by atoms with Gasteiger partial charge in [-0.05, 0) is 67.9 Å².